The third kappa shape index (κ3) is 1.78. The van der Waals surface area contributed by atoms with E-state index in [2.05, 4.69) is 84.9 Å². The highest BCUT2D eigenvalue weighted by atomic mass is 14.1. The topological polar surface area (TPSA) is 0 Å². The molecule has 0 aromatic heterocycles. The Kier molecular flexibility index (Phi) is 2.53. The van der Waals surface area contributed by atoms with Gasteiger partial charge < -0.3 is 0 Å². The first-order chi connectivity index (χ1) is 9.92. The van der Waals surface area contributed by atoms with Gasteiger partial charge >= 0.3 is 0 Å². The maximum Gasteiger partial charge on any atom is -0.0105 e. The standard InChI is InChI=1S/C20H14/c1-2-6-16(7-3-1)19-8-4-5-9-20(19)18-13-11-15-10-12-17(15)14-18/h1-14H. The first kappa shape index (κ1) is 11.2. The van der Waals surface area contributed by atoms with Crippen molar-refractivity contribution in [2.45, 2.75) is 0 Å². The lowest BCUT2D eigenvalue weighted by atomic mass is 9.90. The van der Waals surface area contributed by atoms with Gasteiger partial charge in [-0.3, -0.25) is 0 Å². The smallest absolute Gasteiger partial charge is 0.0105 e. The van der Waals surface area contributed by atoms with Crippen LogP contribution in [0.2, 0.25) is 0 Å². The number of fused-ring (bicyclic) bond motifs is 1. The Bertz CT molecular complexity index is 795. The third-order valence-corrected chi connectivity index (χ3v) is 3.85. The fourth-order valence-electron chi connectivity index (χ4n) is 2.73. The van der Waals surface area contributed by atoms with Gasteiger partial charge in [0.1, 0.15) is 0 Å². The molecular weight excluding hydrogens is 240 g/mol. The summed E-state index contributed by atoms with van der Waals surface area (Å²) in [6.07, 6.45) is 4.33. The fourth-order valence-corrected chi connectivity index (χ4v) is 2.73. The molecular formula is C20H14. The van der Waals surface area contributed by atoms with Crippen molar-refractivity contribution in [1.29, 1.82) is 0 Å². The van der Waals surface area contributed by atoms with E-state index >= 15 is 0 Å². The van der Waals surface area contributed by atoms with Gasteiger partial charge in [0.05, 0.1) is 0 Å². The second-order valence-corrected chi connectivity index (χ2v) is 5.09. The molecule has 0 unspecified atom stereocenters. The summed E-state index contributed by atoms with van der Waals surface area (Å²) in [5.41, 5.74) is 7.81. The van der Waals surface area contributed by atoms with Crippen molar-refractivity contribution in [1.82, 2.24) is 0 Å². The summed E-state index contributed by atoms with van der Waals surface area (Å²) in [5, 5.41) is 0. The highest BCUT2D eigenvalue weighted by molar-refractivity contribution is 5.90. The van der Waals surface area contributed by atoms with E-state index in [4.69, 9.17) is 0 Å². The number of hydrogen-bond acceptors (Lipinski definition) is 0. The molecule has 0 saturated carbocycles. The minimum Gasteiger partial charge on any atom is -0.0622 e. The van der Waals surface area contributed by atoms with E-state index < -0.39 is 0 Å². The van der Waals surface area contributed by atoms with Crippen LogP contribution in [0.4, 0.5) is 0 Å². The average Bonchev–Trinajstić information content (AvgIpc) is 2.50. The van der Waals surface area contributed by atoms with Crippen molar-refractivity contribution >= 4 is 12.2 Å². The van der Waals surface area contributed by atoms with Gasteiger partial charge in [-0.25, -0.2) is 0 Å². The predicted molar refractivity (Wildman–Crippen MR) is 86.2 cm³/mol. The van der Waals surface area contributed by atoms with Crippen LogP contribution in [0.25, 0.3) is 34.4 Å². The van der Waals surface area contributed by atoms with Crippen molar-refractivity contribution in [2.75, 3.05) is 0 Å². The lowest BCUT2D eigenvalue weighted by Crippen LogP contribution is -1.91. The van der Waals surface area contributed by atoms with Crippen LogP contribution in [0.3, 0.4) is 0 Å². The SMILES string of the molecule is C1=Cc2cc(-c3ccccc3-c3ccccc3)ccc21. The quantitative estimate of drug-likeness (QED) is 0.443. The molecule has 0 radical (unpaired) electrons. The van der Waals surface area contributed by atoms with Crippen molar-refractivity contribution in [3.05, 3.63) is 83.9 Å². The summed E-state index contributed by atoms with van der Waals surface area (Å²) >= 11 is 0. The highest BCUT2D eigenvalue weighted by Gasteiger charge is 2.10. The zero-order valence-electron chi connectivity index (χ0n) is 11.1. The molecule has 0 fully saturated rings. The fraction of sp³-hybridized carbons (Fsp3) is 0. The summed E-state index contributed by atoms with van der Waals surface area (Å²) in [4.78, 5) is 0. The molecule has 0 heteroatoms. The predicted octanol–water partition coefficient (Wildman–Crippen LogP) is 5.50. The molecule has 0 amide bonds. The summed E-state index contributed by atoms with van der Waals surface area (Å²) in [7, 11) is 0. The van der Waals surface area contributed by atoms with Crippen molar-refractivity contribution < 1.29 is 0 Å². The molecule has 20 heavy (non-hydrogen) atoms. The largest absolute Gasteiger partial charge is 0.0622 e. The van der Waals surface area contributed by atoms with Crippen LogP contribution in [0, 0.1) is 0 Å². The van der Waals surface area contributed by atoms with Gasteiger partial charge in [-0.1, -0.05) is 78.9 Å². The number of rotatable bonds is 2. The van der Waals surface area contributed by atoms with Gasteiger partial charge in [0, 0.05) is 0 Å². The molecule has 4 rings (SSSR count). The van der Waals surface area contributed by atoms with Gasteiger partial charge in [-0.05, 0) is 39.4 Å². The Balaban J connectivity index is 1.88. The zero-order chi connectivity index (χ0) is 13.4. The second-order valence-electron chi connectivity index (χ2n) is 5.09. The third-order valence-electron chi connectivity index (χ3n) is 3.85. The average molecular weight is 254 g/mol. The Hall–Kier alpha value is -2.60. The van der Waals surface area contributed by atoms with Crippen LogP contribution in [0.5, 0.6) is 0 Å². The first-order valence-electron chi connectivity index (χ1n) is 6.89. The van der Waals surface area contributed by atoms with E-state index in [1.165, 1.54) is 33.4 Å². The van der Waals surface area contributed by atoms with Crippen LogP contribution in [-0.2, 0) is 0 Å². The second kappa shape index (κ2) is 4.50. The summed E-state index contributed by atoms with van der Waals surface area (Å²) in [6, 6.07) is 25.9. The molecule has 0 N–H and O–H groups in total. The highest BCUT2D eigenvalue weighted by Crippen LogP contribution is 2.35. The van der Waals surface area contributed by atoms with E-state index in [9.17, 15) is 0 Å². The summed E-state index contributed by atoms with van der Waals surface area (Å²) < 4.78 is 0. The number of benzene rings is 3. The van der Waals surface area contributed by atoms with Crippen LogP contribution in [-0.4, -0.2) is 0 Å². The molecule has 0 heterocycles. The van der Waals surface area contributed by atoms with E-state index in [1.54, 1.807) is 0 Å². The monoisotopic (exact) mass is 254 g/mol. The minimum atomic E-state index is 1.27. The molecule has 0 saturated heterocycles. The lowest BCUT2D eigenvalue weighted by molar-refractivity contribution is 1.54. The van der Waals surface area contributed by atoms with Crippen molar-refractivity contribution in [3.63, 3.8) is 0 Å². The van der Waals surface area contributed by atoms with Crippen LogP contribution >= 0.6 is 0 Å². The summed E-state index contributed by atoms with van der Waals surface area (Å²) in [6.45, 7) is 0. The molecule has 1 aliphatic rings. The maximum absolute atomic E-state index is 2.27. The van der Waals surface area contributed by atoms with E-state index in [1.807, 2.05) is 0 Å². The number of hydrogen-bond donors (Lipinski definition) is 0. The molecule has 0 aliphatic heterocycles. The van der Waals surface area contributed by atoms with Crippen LogP contribution in [0.15, 0.2) is 72.8 Å². The molecule has 94 valence electrons. The van der Waals surface area contributed by atoms with Gasteiger partial charge in [0.2, 0.25) is 0 Å². The zero-order valence-corrected chi connectivity index (χ0v) is 11.1. The molecule has 0 bridgehead atoms. The van der Waals surface area contributed by atoms with E-state index in [-0.39, 0.29) is 0 Å². The molecule has 0 nitrogen and oxygen atoms in total. The molecule has 1 aliphatic carbocycles. The Labute approximate surface area is 119 Å². The molecule has 3 aromatic carbocycles. The van der Waals surface area contributed by atoms with Crippen molar-refractivity contribution in [2.24, 2.45) is 0 Å². The minimum absolute atomic E-state index is 1.27. The Morgan fingerprint density at radius 1 is 0.450 bits per heavy atom. The van der Waals surface area contributed by atoms with Crippen LogP contribution in [0.1, 0.15) is 11.1 Å². The van der Waals surface area contributed by atoms with Gasteiger partial charge in [0.15, 0.2) is 0 Å². The van der Waals surface area contributed by atoms with Gasteiger partial charge in [0.25, 0.3) is 0 Å². The normalized spacial score (nSPS) is 11.8. The molecule has 3 aromatic rings. The van der Waals surface area contributed by atoms with Crippen molar-refractivity contribution in [3.8, 4) is 22.3 Å². The first-order valence-corrected chi connectivity index (χ1v) is 6.89. The summed E-state index contributed by atoms with van der Waals surface area (Å²) in [5.74, 6) is 0. The van der Waals surface area contributed by atoms with Gasteiger partial charge in [-0.15, -0.1) is 0 Å². The Morgan fingerprint density at radius 3 is 1.75 bits per heavy atom. The molecule has 0 atom stereocenters. The van der Waals surface area contributed by atoms with E-state index in [0.29, 0.717) is 0 Å². The lowest BCUT2D eigenvalue weighted by Gasteiger charge is -2.15. The molecule has 0 spiro atoms. The maximum atomic E-state index is 2.27. The Morgan fingerprint density at radius 2 is 1.10 bits per heavy atom. The van der Waals surface area contributed by atoms with Crippen LogP contribution < -0.4 is 0 Å². The van der Waals surface area contributed by atoms with Gasteiger partial charge in [-0.2, -0.15) is 0 Å². The van der Waals surface area contributed by atoms with E-state index in [0.717, 1.165) is 0 Å².